The van der Waals surface area contributed by atoms with Crippen LogP contribution in [-0.4, -0.2) is 48.8 Å². The second-order valence-electron chi connectivity index (χ2n) is 10.9. The predicted molar refractivity (Wildman–Crippen MR) is 159 cm³/mol. The SMILES string of the molecule is CCC1=C(C(=O)Nc2cccc(F)c2C)C2C=CC1(C(Nc1ccccc1)c1ccc(CN3CCOCC3)cc1)O2. The number of amides is 1. The highest BCUT2D eigenvalue weighted by atomic mass is 19.1. The second-order valence-corrected chi connectivity index (χ2v) is 10.9. The van der Waals surface area contributed by atoms with Crippen LogP contribution in [0.25, 0.3) is 0 Å². The van der Waals surface area contributed by atoms with E-state index in [-0.39, 0.29) is 17.8 Å². The number of nitrogens with zero attached hydrogens (tertiary/aromatic N) is 1. The minimum Gasteiger partial charge on any atom is -0.379 e. The first-order valence-electron chi connectivity index (χ1n) is 14.4. The molecule has 7 heteroatoms. The van der Waals surface area contributed by atoms with Crippen molar-refractivity contribution in [2.45, 2.75) is 44.6 Å². The first kappa shape index (κ1) is 27.4. The first-order chi connectivity index (χ1) is 20.0. The van der Waals surface area contributed by atoms with Crippen LogP contribution in [0, 0.1) is 12.7 Å². The summed E-state index contributed by atoms with van der Waals surface area (Å²) in [5.74, 6) is -0.608. The summed E-state index contributed by atoms with van der Waals surface area (Å²) >= 11 is 0. The highest BCUT2D eigenvalue weighted by Gasteiger charge is 2.54. The first-order valence-corrected chi connectivity index (χ1v) is 14.4. The molecule has 212 valence electrons. The van der Waals surface area contributed by atoms with Crippen LogP contribution in [-0.2, 0) is 20.8 Å². The van der Waals surface area contributed by atoms with E-state index in [0.29, 0.717) is 23.2 Å². The van der Waals surface area contributed by atoms with Crippen molar-refractivity contribution in [2.75, 3.05) is 36.9 Å². The lowest BCUT2D eigenvalue weighted by molar-refractivity contribution is -0.113. The number of anilines is 2. The summed E-state index contributed by atoms with van der Waals surface area (Å²) in [5, 5.41) is 6.68. The zero-order chi connectivity index (χ0) is 28.4. The summed E-state index contributed by atoms with van der Waals surface area (Å²) in [6, 6.07) is 23.2. The number of rotatable bonds is 9. The van der Waals surface area contributed by atoms with Gasteiger partial charge < -0.3 is 20.1 Å². The van der Waals surface area contributed by atoms with Gasteiger partial charge in [0.15, 0.2) is 0 Å². The summed E-state index contributed by atoms with van der Waals surface area (Å²) in [5.41, 5.74) is 4.85. The Kier molecular flexibility index (Phi) is 7.75. The summed E-state index contributed by atoms with van der Waals surface area (Å²) in [4.78, 5) is 16.1. The van der Waals surface area contributed by atoms with E-state index in [2.05, 4.69) is 52.8 Å². The van der Waals surface area contributed by atoms with Crippen LogP contribution in [0.15, 0.2) is 96.1 Å². The highest BCUT2D eigenvalue weighted by molar-refractivity contribution is 6.06. The Labute approximate surface area is 240 Å². The number of hydrogen-bond donors (Lipinski definition) is 2. The van der Waals surface area contributed by atoms with Crippen LogP contribution in [0.4, 0.5) is 15.8 Å². The van der Waals surface area contributed by atoms with E-state index in [1.54, 1.807) is 19.1 Å². The van der Waals surface area contributed by atoms with Gasteiger partial charge in [0.25, 0.3) is 5.91 Å². The monoisotopic (exact) mass is 553 g/mol. The number of carbonyl (C=O) groups is 1. The Bertz CT molecular complexity index is 1460. The lowest BCUT2D eigenvalue weighted by Crippen LogP contribution is -2.40. The maximum Gasteiger partial charge on any atom is 0.254 e. The zero-order valence-corrected chi connectivity index (χ0v) is 23.5. The molecule has 3 aromatic rings. The van der Waals surface area contributed by atoms with Gasteiger partial charge >= 0.3 is 0 Å². The lowest BCUT2D eigenvalue weighted by atomic mass is 9.77. The number of hydrogen-bond acceptors (Lipinski definition) is 5. The Morgan fingerprint density at radius 1 is 1.05 bits per heavy atom. The Hall–Kier alpha value is -3.78. The molecule has 41 heavy (non-hydrogen) atoms. The van der Waals surface area contributed by atoms with Gasteiger partial charge in [-0.2, -0.15) is 0 Å². The number of halogens is 1. The number of nitrogens with one attached hydrogen (secondary N) is 2. The van der Waals surface area contributed by atoms with Crippen molar-refractivity contribution < 1.29 is 18.7 Å². The fourth-order valence-electron chi connectivity index (χ4n) is 6.20. The van der Waals surface area contributed by atoms with Crippen LogP contribution in [0.1, 0.15) is 36.1 Å². The van der Waals surface area contributed by atoms with E-state index in [9.17, 15) is 9.18 Å². The number of fused-ring (bicyclic) bond motifs is 2. The maximum absolute atomic E-state index is 14.2. The molecule has 0 aliphatic carbocycles. The van der Waals surface area contributed by atoms with E-state index in [4.69, 9.17) is 9.47 Å². The van der Waals surface area contributed by atoms with Gasteiger partial charge in [0.05, 0.1) is 24.8 Å². The van der Waals surface area contributed by atoms with Crippen molar-refractivity contribution in [3.63, 3.8) is 0 Å². The minimum absolute atomic E-state index is 0.258. The molecule has 3 aliphatic rings. The Morgan fingerprint density at radius 3 is 2.54 bits per heavy atom. The van der Waals surface area contributed by atoms with E-state index >= 15 is 0 Å². The number of carbonyl (C=O) groups excluding carboxylic acids is 1. The van der Waals surface area contributed by atoms with Crippen molar-refractivity contribution in [1.82, 2.24) is 4.90 Å². The fraction of sp³-hybridized carbons (Fsp3) is 0.324. The molecule has 0 aromatic heterocycles. The van der Waals surface area contributed by atoms with Gasteiger partial charge in [-0.3, -0.25) is 9.69 Å². The topological polar surface area (TPSA) is 62.8 Å². The Morgan fingerprint density at radius 2 is 1.80 bits per heavy atom. The van der Waals surface area contributed by atoms with Gasteiger partial charge in [-0.1, -0.05) is 61.5 Å². The fourth-order valence-corrected chi connectivity index (χ4v) is 6.20. The summed E-state index contributed by atoms with van der Waals surface area (Å²) < 4.78 is 26.4. The van der Waals surface area contributed by atoms with Crippen LogP contribution in [0.2, 0.25) is 0 Å². The zero-order valence-electron chi connectivity index (χ0n) is 23.5. The van der Waals surface area contributed by atoms with Crippen LogP contribution < -0.4 is 10.6 Å². The highest BCUT2D eigenvalue weighted by Crippen LogP contribution is 2.52. The molecule has 2 bridgehead atoms. The van der Waals surface area contributed by atoms with Crippen molar-refractivity contribution in [2.24, 2.45) is 0 Å². The molecule has 1 saturated heterocycles. The minimum atomic E-state index is -0.843. The molecule has 3 aliphatic heterocycles. The molecule has 0 spiro atoms. The molecule has 3 aromatic carbocycles. The normalized spacial score (nSPS) is 22.7. The van der Waals surface area contributed by atoms with Crippen molar-refractivity contribution in [3.8, 4) is 0 Å². The molecule has 3 atom stereocenters. The molecule has 0 radical (unpaired) electrons. The average Bonchev–Trinajstić information content (AvgIpc) is 3.57. The third kappa shape index (κ3) is 5.33. The third-order valence-electron chi connectivity index (χ3n) is 8.37. The van der Waals surface area contributed by atoms with E-state index < -0.39 is 11.7 Å². The lowest BCUT2D eigenvalue weighted by Gasteiger charge is -2.37. The van der Waals surface area contributed by atoms with Gasteiger partial charge in [0, 0.05) is 36.6 Å². The van der Waals surface area contributed by atoms with Crippen LogP contribution in [0.3, 0.4) is 0 Å². The Balaban J connectivity index is 1.34. The molecule has 2 N–H and O–H groups in total. The largest absolute Gasteiger partial charge is 0.379 e. The van der Waals surface area contributed by atoms with Gasteiger partial charge in [-0.25, -0.2) is 4.39 Å². The van der Waals surface area contributed by atoms with Gasteiger partial charge in [0.1, 0.15) is 17.5 Å². The predicted octanol–water partition coefficient (Wildman–Crippen LogP) is 6.17. The summed E-state index contributed by atoms with van der Waals surface area (Å²) in [6.07, 6.45) is 4.23. The standard InChI is InChI=1S/C34H36FN3O3/c1-3-27-31(33(39)37-29-11-7-10-28(35)23(29)2)30-16-17-34(27,41-30)32(36-26-8-5-4-6-9-26)25-14-12-24(13-15-25)22-38-18-20-40-21-19-38/h4-17,30,32,36H,3,18-22H2,1-2H3,(H,37,39). The molecular formula is C34H36FN3O3. The van der Waals surface area contributed by atoms with Crippen LogP contribution in [0.5, 0.6) is 0 Å². The molecule has 3 unspecified atom stereocenters. The van der Waals surface area contributed by atoms with Crippen molar-refractivity contribution in [1.29, 1.82) is 0 Å². The molecule has 0 saturated carbocycles. The number of morpholine rings is 1. The second kappa shape index (κ2) is 11.6. The summed E-state index contributed by atoms with van der Waals surface area (Å²) in [7, 11) is 0. The van der Waals surface area contributed by atoms with Crippen LogP contribution >= 0.6 is 0 Å². The van der Waals surface area contributed by atoms with Gasteiger partial charge in [-0.15, -0.1) is 0 Å². The van der Waals surface area contributed by atoms with E-state index in [1.807, 2.05) is 36.4 Å². The van der Waals surface area contributed by atoms with Gasteiger partial charge in [0.2, 0.25) is 0 Å². The molecular weight excluding hydrogens is 517 g/mol. The number of para-hydroxylation sites is 1. The van der Waals surface area contributed by atoms with E-state index in [0.717, 1.165) is 49.7 Å². The molecule has 3 heterocycles. The number of ether oxygens (including phenoxy) is 2. The van der Waals surface area contributed by atoms with Gasteiger partial charge in [-0.05, 0) is 60.4 Å². The smallest absolute Gasteiger partial charge is 0.254 e. The molecule has 6 nitrogen and oxygen atoms in total. The molecule has 1 amide bonds. The average molecular weight is 554 g/mol. The number of benzene rings is 3. The molecule has 6 rings (SSSR count). The van der Waals surface area contributed by atoms with Crippen molar-refractivity contribution >= 4 is 17.3 Å². The maximum atomic E-state index is 14.2. The molecule has 1 fully saturated rings. The van der Waals surface area contributed by atoms with Crippen molar-refractivity contribution in [3.05, 3.63) is 119 Å². The van der Waals surface area contributed by atoms with E-state index in [1.165, 1.54) is 11.6 Å². The third-order valence-corrected chi connectivity index (χ3v) is 8.37. The summed E-state index contributed by atoms with van der Waals surface area (Å²) in [6.45, 7) is 8.03. The quantitative estimate of drug-likeness (QED) is 0.310.